The molecule has 296 valence electrons. The van der Waals surface area contributed by atoms with Crippen LogP contribution < -0.4 is 16.4 Å². The zero-order valence-electron chi connectivity index (χ0n) is 36.0. The van der Waals surface area contributed by atoms with Crippen molar-refractivity contribution in [1.82, 2.24) is 17.9 Å². The summed E-state index contributed by atoms with van der Waals surface area (Å²) in [5.41, 5.74) is 26.6. The normalized spacial score (nSPS) is 18.1. The molecule has 7 heterocycles. The molecule has 0 N–H and O–H groups in total. The quantitative estimate of drug-likeness (QED) is 0.141. The van der Waals surface area contributed by atoms with Crippen LogP contribution in [-0.2, 0) is 10.8 Å². The highest BCUT2D eigenvalue weighted by Crippen LogP contribution is 2.53. The zero-order chi connectivity index (χ0) is 40.7. The number of furan rings is 1. The molecule has 0 saturated heterocycles. The summed E-state index contributed by atoms with van der Waals surface area (Å²) in [6, 6.07) is 38.0. The van der Waals surface area contributed by atoms with Gasteiger partial charge in [-0.15, -0.1) is 0 Å². The Morgan fingerprint density at radius 2 is 1.11 bits per heavy atom. The molecule has 6 aromatic carbocycles. The van der Waals surface area contributed by atoms with Gasteiger partial charge in [-0.05, 0) is 165 Å². The van der Waals surface area contributed by atoms with Crippen molar-refractivity contribution >= 4 is 100 Å². The topological polar surface area (TPSA) is 31.8 Å². The van der Waals surface area contributed by atoms with Gasteiger partial charge in [-0.1, -0.05) is 84.0 Å². The van der Waals surface area contributed by atoms with E-state index in [0.717, 1.165) is 11.2 Å². The van der Waals surface area contributed by atoms with Crippen molar-refractivity contribution in [2.45, 2.75) is 96.8 Å². The summed E-state index contributed by atoms with van der Waals surface area (Å²) < 4.78 is 17.4. The highest BCUT2D eigenvalue weighted by Gasteiger charge is 2.47. The number of hydrogen-bond donors (Lipinski definition) is 0. The van der Waals surface area contributed by atoms with Gasteiger partial charge in [-0.2, -0.15) is 0 Å². The van der Waals surface area contributed by atoms with E-state index in [2.05, 4.69) is 163 Å². The number of aromatic nitrogens is 4. The largest absolute Gasteiger partial charge is 0.456 e. The van der Waals surface area contributed by atoms with Gasteiger partial charge in [0.05, 0.1) is 38.5 Å². The van der Waals surface area contributed by atoms with Crippen LogP contribution >= 0.6 is 0 Å². The summed E-state index contributed by atoms with van der Waals surface area (Å²) >= 11 is 0. The number of benzene rings is 6. The summed E-state index contributed by atoms with van der Waals surface area (Å²) in [5, 5.41) is 5.12. The summed E-state index contributed by atoms with van der Waals surface area (Å²) in [5.74, 6) is 1.27. The third-order valence-electron chi connectivity index (χ3n) is 16.0. The average Bonchev–Trinajstić information content (AvgIpc) is 4.04. The lowest BCUT2D eigenvalue weighted by Gasteiger charge is -2.38. The molecule has 11 aromatic rings. The number of hydrogen-bond acceptors (Lipinski definition) is 1. The Bertz CT molecular complexity index is 3870. The Morgan fingerprint density at radius 3 is 1.75 bits per heavy atom. The molecule has 1 saturated carbocycles. The lowest BCUT2D eigenvalue weighted by molar-refractivity contribution is 0.361. The molecule has 5 aromatic heterocycles. The fraction of sp³-hybridized carbons (Fsp3) is 0.273. The van der Waals surface area contributed by atoms with Crippen molar-refractivity contribution < 1.29 is 4.42 Å². The fourth-order valence-corrected chi connectivity index (χ4v) is 13.3. The van der Waals surface area contributed by atoms with E-state index >= 15 is 0 Å². The SMILES string of the molecule is Cc1cc2c3c(c1)-n1c4ccc(C(C)(C)C)cc4n4c5c(ccc6oc7ccccc7c65)c(c14)B3c1c3ccc4c(c3n3c5cc(C(C)(C)C)ccc5n-2c13)C1CCC4CC1. The van der Waals surface area contributed by atoms with Crippen LogP contribution in [0.25, 0.3) is 88.5 Å². The first-order chi connectivity index (χ1) is 29.5. The van der Waals surface area contributed by atoms with Crippen LogP contribution in [0.4, 0.5) is 0 Å². The Balaban J connectivity index is 1.21. The summed E-state index contributed by atoms with van der Waals surface area (Å²) in [4.78, 5) is 0. The molecule has 0 radical (unpaired) electrons. The van der Waals surface area contributed by atoms with E-state index in [1.165, 1.54) is 136 Å². The monoisotopic (exact) mass is 790 g/mol. The molecule has 0 amide bonds. The first kappa shape index (κ1) is 33.6. The molecule has 5 aliphatic rings. The van der Waals surface area contributed by atoms with E-state index in [1.807, 2.05) is 0 Å². The van der Waals surface area contributed by atoms with Crippen LogP contribution in [0, 0.1) is 6.92 Å². The van der Waals surface area contributed by atoms with Gasteiger partial charge in [0, 0.05) is 16.8 Å². The number of nitrogens with zero attached hydrogens (tertiary/aromatic N) is 4. The van der Waals surface area contributed by atoms with Crippen LogP contribution in [0.2, 0.25) is 0 Å². The summed E-state index contributed by atoms with van der Waals surface area (Å²) in [6.07, 6.45) is 5.25. The van der Waals surface area contributed by atoms with E-state index in [0.29, 0.717) is 11.8 Å². The Labute approximate surface area is 354 Å². The van der Waals surface area contributed by atoms with Gasteiger partial charge in [-0.3, -0.25) is 17.9 Å². The average molecular weight is 791 g/mol. The highest BCUT2D eigenvalue weighted by molar-refractivity contribution is 7.02. The van der Waals surface area contributed by atoms with Crippen molar-refractivity contribution in [3.8, 4) is 11.4 Å². The second-order valence-electron chi connectivity index (χ2n) is 21.3. The third-order valence-corrected chi connectivity index (χ3v) is 16.0. The highest BCUT2D eigenvalue weighted by atomic mass is 16.3. The van der Waals surface area contributed by atoms with Crippen molar-refractivity contribution in [3.63, 3.8) is 0 Å². The number of imidazole rings is 2. The first-order valence-electron chi connectivity index (χ1n) is 22.7. The van der Waals surface area contributed by atoms with E-state index in [4.69, 9.17) is 4.42 Å². The lowest BCUT2D eigenvalue weighted by atomic mass is 9.34. The molecule has 3 aliphatic carbocycles. The lowest BCUT2D eigenvalue weighted by Crippen LogP contribution is -2.59. The Hall–Kier alpha value is -6.14. The van der Waals surface area contributed by atoms with Crippen LogP contribution in [0.1, 0.15) is 107 Å². The van der Waals surface area contributed by atoms with Gasteiger partial charge in [0.2, 0.25) is 0 Å². The van der Waals surface area contributed by atoms with Crippen LogP contribution in [0.3, 0.4) is 0 Å². The summed E-state index contributed by atoms with van der Waals surface area (Å²) in [7, 11) is 0. The smallest absolute Gasteiger partial charge is 0.258 e. The van der Waals surface area contributed by atoms with Gasteiger partial charge in [-0.25, -0.2) is 0 Å². The minimum absolute atomic E-state index is 0.00752. The van der Waals surface area contributed by atoms with E-state index in [-0.39, 0.29) is 17.5 Å². The van der Waals surface area contributed by atoms with Crippen molar-refractivity contribution in [3.05, 3.63) is 125 Å². The van der Waals surface area contributed by atoms with Gasteiger partial charge < -0.3 is 4.42 Å². The van der Waals surface area contributed by atoms with Crippen molar-refractivity contribution in [2.75, 3.05) is 0 Å². The first-order valence-corrected chi connectivity index (χ1v) is 22.7. The Morgan fingerprint density at radius 1 is 0.541 bits per heavy atom. The maximum Gasteiger partial charge on any atom is 0.258 e. The third kappa shape index (κ3) is 3.82. The van der Waals surface area contributed by atoms with Gasteiger partial charge in [0.15, 0.2) is 0 Å². The van der Waals surface area contributed by atoms with Crippen LogP contribution in [-0.4, -0.2) is 24.6 Å². The number of para-hydroxylation sites is 1. The summed E-state index contributed by atoms with van der Waals surface area (Å²) in [6.45, 7) is 16.4. The predicted molar refractivity (Wildman–Crippen MR) is 255 cm³/mol. The van der Waals surface area contributed by atoms with Crippen molar-refractivity contribution in [1.29, 1.82) is 0 Å². The molecule has 61 heavy (non-hydrogen) atoms. The van der Waals surface area contributed by atoms with E-state index in [1.54, 1.807) is 11.1 Å². The second-order valence-corrected chi connectivity index (χ2v) is 21.3. The number of fused-ring (bicyclic) bond motifs is 22. The number of rotatable bonds is 0. The molecule has 16 rings (SSSR count). The predicted octanol–water partition coefficient (Wildman–Crippen LogP) is 12.1. The van der Waals surface area contributed by atoms with Crippen LogP contribution in [0.5, 0.6) is 0 Å². The molecule has 1 fully saturated rings. The van der Waals surface area contributed by atoms with Gasteiger partial charge in [0.25, 0.3) is 6.71 Å². The standard InChI is InChI=1S/C55H47BN4O/c1-28-24-41-49-42(25-28)58-38-22-17-32(55(5,6)7)27-40(38)60-51-36(20-23-44-46(51)34-10-8-9-11-43(34)61-44)48(53(58)60)56(49)47-35-19-18-33-29-12-14-30(15-13-29)45(33)50(35)59-39-26-31(54(2,3)4)16-21-37(39)57(41)52(47)59/h8-11,16-27,29-30H,12-15H2,1-7H3. The molecule has 2 aliphatic heterocycles. The maximum atomic E-state index is 6.68. The fourth-order valence-electron chi connectivity index (χ4n) is 13.3. The molecule has 6 heteroatoms. The molecular weight excluding hydrogens is 743 g/mol. The van der Waals surface area contributed by atoms with E-state index in [9.17, 15) is 0 Å². The Kier molecular flexibility index (Phi) is 5.77. The molecular formula is C55H47BN4O. The van der Waals surface area contributed by atoms with Crippen LogP contribution in [0.15, 0.2) is 101 Å². The van der Waals surface area contributed by atoms with E-state index < -0.39 is 0 Å². The van der Waals surface area contributed by atoms with Gasteiger partial charge in [0.1, 0.15) is 22.5 Å². The molecule has 2 bridgehead atoms. The van der Waals surface area contributed by atoms with Crippen molar-refractivity contribution in [2.24, 2.45) is 0 Å². The maximum absolute atomic E-state index is 6.68. The minimum Gasteiger partial charge on any atom is -0.456 e. The van der Waals surface area contributed by atoms with Gasteiger partial charge >= 0.3 is 0 Å². The molecule has 0 unspecified atom stereocenters. The minimum atomic E-state index is -0.00752. The second kappa shape index (κ2) is 10.5. The zero-order valence-corrected chi connectivity index (χ0v) is 36.0. The molecule has 5 nitrogen and oxygen atoms in total. The molecule has 0 atom stereocenters. The number of aryl methyl sites for hydroxylation is 1. The molecule has 0 spiro atoms.